The molecule has 0 saturated carbocycles. The molecular weight excluding hydrogens is 294 g/mol. The van der Waals surface area contributed by atoms with Crippen molar-refractivity contribution in [1.29, 1.82) is 0 Å². The highest BCUT2D eigenvalue weighted by molar-refractivity contribution is 5.49. The van der Waals surface area contributed by atoms with E-state index in [4.69, 9.17) is 14.6 Å². The summed E-state index contributed by atoms with van der Waals surface area (Å²) >= 11 is 0. The lowest BCUT2D eigenvalue weighted by Gasteiger charge is -2.10. The summed E-state index contributed by atoms with van der Waals surface area (Å²) in [6, 6.07) is 7.86. The minimum atomic E-state index is 0.0929. The molecule has 0 bridgehead atoms. The van der Waals surface area contributed by atoms with Gasteiger partial charge in [-0.2, -0.15) is 5.10 Å². The highest BCUT2D eigenvalue weighted by Gasteiger charge is 2.11. The summed E-state index contributed by atoms with van der Waals surface area (Å²) in [5.41, 5.74) is 4.21. The smallest absolute Gasteiger partial charge is 0.121 e. The van der Waals surface area contributed by atoms with Crippen LogP contribution in [0, 0.1) is 13.8 Å². The van der Waals surface area contributed by atoms with Crippen LogP contribution in [0.25, 0.3) is 0 Å². The Hall–Kier alpha value is -2.05. The van der Waals surface area contributed by atoms with E-state index < -0.39 is 0 Å². The van der Waals surface area contributed by atoms with Gasteiger partial charge >= 0.3 is 0 Å². The first-order valence-corrected chi connectivity index (χ1v) is 7.75. The van der Waals surface area contributed by atoms with Crippen LogP contribution >= 0.6 is 0 Å². The van der Waals surface area contributed by atoms with Crippen molar-refractivity contribution in [1.82, 2.24) is 9.78 Å². The molecule has 23 heavy (non-hydrogen) atoms. The molecule has 0 amide bonds. The zero-order chi connectivity index (χ0) is 16.7. The highest BCUT2D eigenvalue weighted by atomic mass is 16.5. The molecule has 1 heterocycles. The summed E-state index contributed by atoms with van der Waals surface area (Å²) in [6.45, 7) is 6.42. The number of aryl methyl sites for hydroxylation is 1. The van der Waals surface area contributed by atoms with Gasteiger partial charge in [0.2, 0.25) is 0 Å². The molecular formula is C17H25N3O3. The molecule has 6 nitrogen and oxygen atoms in total. The van der Waals surface area contributed by atoms with Gasteiger partial charge in [-0.3, -0.25) is 4.68 Å². The summed E-state index contributed by atoms with van der Waals surface area (Å²) in [4.78, 5) is 0. The van der Waals surface area contributed by atoms with Crippen LogP contribution in [0.3, 0.4) is 0 Å². The average Bonchev–Trinajstić information content (AvgIpc) is 2.81. The molecule has 0 aliphatic heterocycles. The van der Waals surface area contributed by atoms with Crippen molar-refractivity contribution < 1.29 is 14.6 Å². The Morgan fingerprint density at radius 1 is 1.26 bits per heavy atom. The molecule has 0 unspecified atom stereocenters. The third-order valence-electron chi connectivity index (χ3n) is 3.70. The first-order chi connectivity index (χ1) is 11.2. The fraction of sp³-hybridized carbons (Fsp3) is 0.471. The summed E-state index contributed by atoms with van der Waals surface area (Å²) in [5, 5.41) is 16.9. The summed E-state index contributed by atoms with van der Waals surface area (Å²) in [6.07, 6.45) is 0. The molecule has 1 aromatic carbocycles. The van der Waals surface area contributed by atoms with E-state index in [-0.39, 0.29) is 6.61 Å². The fourth-order valence-electron chi connectivity index (χ4n) is 2.43. The van der Waals surface area contributed by atoms with E-state index >= 15 is 0 Å². The minimum Gasteiger partial charge on any atom is -0.491 e. The number of aromatic nitrogens is 2. The van der Waals surface area contributed by atoms with Crippen molar-refractivity contribution in [3.8, 4) is 5.75 Å². The number of nitrogens with zero attached hydrogens (tertiary/aromatic N) is 2. The Labute approximate surface area is 137 Å². The van der Waals surface area contributed by atoms with Gasteiger partial charge in [-0.05, 0) is 26.0 Å². The van der Waals surface area contributed by atoms with Crippen molar-refractivity contribution in [3.63, 3.8) is 0 Å². The van der Waals surface area contributed by atoms with Gasteiger partial charge in [0.1, 0.15) is 12.4 Å². The number of aliphatic hydroxyl groups is 1. The Kier molecular flexibility index (Phi) is 6.43. The predicted octanol–water partition coefficient (Wildman–Crippen LogP) is 2.13. The first-order valence-electron chi connectivity index (χ1n) is 7.75. The lowest BCUT2D eigenvalue weighted by molar-refractivity contribution is 0.146. The zero-order valence-electron chi connectivity index (χ0n) is 14.0. The molecule has 2 N–H and O–H groups in total. The van der Waals surface area contributed by atoms with Gasteiger partial charge in [-0.15, -0.1) is 0 Å². The molecule has 2 aromatic rings. The molecule has 0 radical (unpaired) electrons. The topological polar surface area (TPSA) is 68.5 Å². The van der Waals surface area contributed by atoms with E-state index in [0.717, 1.165) is 28.4 Å². The van der Waals surface area contributed by atoms with Gasteiger partial charge in [0.15, 0.2) is 0 Å². The van der Waals surface area contributed by atoms with Crippen molar-refractivity contribution in [2.75, 3.05) is 32.2 Å². The zero-order valence-corrected chi connectivity index (χ0v) is 14.0. The Bertz CT molecular complexity index is 626. The quantitative estimate of drug-likeness (QED) is 0.693. The van der Waals surface area contributed by atoms with E-state index in [1.165, 1.54) is 0 Å². The predicted molar refractivity (Wildman–Crippen MR) is 89.9 cm³/mol. The molecule has 0 aliphatic rings. The maximum absolute atomic E-state index is 9.07. The van der Waals surface area contributed by atoms with Crippen LogP contribution in [0.5, 0.6) is 5.75 Å². The lowest BCUT2D eigenvalue weighted by Crippen LogP contribution is -2.07. The number of nitrogens with one attached hydrogen (secondary N) is 1. The summed E-state index contributed by atoms with van der Waals surface area (Å²) < 4.78 is 12.4. The van der Waals surface area contributed by atoms with E-state index in [0.29, 0.717) is 26.3 Å². The second-order valence-corrected chi connectivity index (χ2v) is 5.32. The third-order valence-corrected chi connectivity index (χ3v) is 3.70. The Morgan fingerprint density at radius 2 is 2.09 bits per heavy atom. The van der Waals surface area contributed by atoms with Crippen LogP contribution in [0.2, 0.25) is 0 Å². The van der Waals surface area contributed by atoms with Gasteiger partial charge in [0.05, 0.1) is 25.5 Å². The van der Waals surface area contributed by atoms with E-state index in [9.17, 15) is 0 Å². The monoisotopic (exact) mass is 319 g/mol. The van der Waals surface area contributed by atoms with Crippen molar-refractivity contribution in [3.05, 3.63) is 41.2 Å². The largest absolute Gasteiger partial charge is 0.491 e. The molecule has 0 aliphatic carbocycles. The number of methoxy groups -OCH3 is 1. The third kappa shape index (κ3) is 4.71. The average molecular weight is 319 g/mol. The normalized spacial score (nSPS) is 10.8. The minimum absolute atomic E-state index is 0.0929. The number of aliphatic hydroxyl groups excluding tert-OH is 1. The van der Waals surface area contributed by atoms with Gasteiger partial charge < -0.3 is 19.9 Å². The first kappa shape index (κ1) is 17.3. The van der Waals surface area contributed by atoms with Crippen LogP contribution in [0.4, 0.5) is 5.69 Å². The molecule has 0 atom stereocenters. The molecule has 0 spiro atoms. The van der Waals surface area contributed by atoms with Gasteiger partial charge in [-0.25, -0.2) is 0 Å². The number of hydrogen-bond acceptors (Lipinski definition) is 5. The second kappa shape index (κ2) is 8.55. The Morgan fingerprint density at radius 3 is 2.83 bits per heavy atom. The van der Waals surface area contributed by atoms with Crippen LogP contribution < -0.4 is 10.1 Å². The number of ether oxygens (including phenoxy) is 2. The summed E-state index contributed by atoms with van der Waals surface area (Å²) in [7, 11) is 1.66. The Balaban J connectivity index is 1.99. The van der Waals surface area contributed by atoms with Gasteiger partial charge in [-0.1, -0.05) is 6.07 Å². The highest BCUT2D eigenvalue weighted by Crippen LogP contribution is 2.20. The molecule has 6 heteroatoms. The molecule has 0 fully saturated rings. The number of rotatable bonds is 9. The SMILES string of the molecule is COCCOc1cccc(NCc2c(C)nn(CCO)c2C)c1. The van der Waals surface area contributed by atoms with Crippen molar-refractivity contribution in [2.24, 2.45) is 0 Å². The number of hydrogen-bond donors (Lipinski definition) is 2. The van der Waals surface area contributed by atoms with Crippen LogP contribution in [0.1, 0.15) is 17.0 Å². The second-order valence-electron chi connectivity index (χ2n) is 5.32. The number of benzene rings is 1. The maximum Gasteiger partial charge on any atom is 0.121 e. The van der Waals surface area contributed by atoms with Crippen molar-refractivity contribution in [2.45, 2.75) is 26.9 Å². The van der Waals surface area contributed by atoms with Crippen LogP contribution in [-0.4, -0.2) is 41.8 Å². The van der Waals surface area contributed by atoms with Crippen LogP contribution in [-0.2, 0) is 17.8 Å². The fourth-order valence-corrected chi connectivity index (χ4v) is 2.43. The molecule has 1 aromatic heterocycles. The lowest BCUT2D eigenvalue weighted by atomic mass is 10.2. The van der Waals surface area contributed by atoms with Crippen molar-refractivity contribution >= 4 is 5.69 Å². The van der Waals surface area contributed by atoms with Gasteiger partial charge in [0.25, 0.3) is 0 Å². The van der Waals surface area contributed by atoms with E-state index in [1.807, 2.05) is 42.8 Å². The molecule has 0 saturated heterocycles. The van der Waals surface area contributed by atoms with Gasteiger partial charge in [0, 0.05) is 36.7 Å². The standard InChI is InChI=1S/C17H25N3O3/c1-13-17(14(2)20(19-13)7-8-21)12-18-15-5-4-6-16(11-15)23-10-9-22-3/h4-6,11,18,21H,7-10,12H2,1-3H3. The van der Waals surface area contributed by atoms with Crippen LogP contribution in [0.15, 0.2) is 24.3 Å². The van der Waals surface area contributed by atoms with E-state index in [1.54, 1.807) is 7.11 Å². The summed E-state index contributed by atoms with van der Waals surface area (Å²) in [5.74, 6) is 0.816. The van der Waals surface area contributed by atoms with E-state index in [2.05, 4.69) is 10.4 Å². The molecule has 126 valence electrons. The maximum atomic E-state index is 9.07. The number of anilines is 1. The molecule has 2 rings (SSSR count).